The summed E-state index contributed by atoms with van der Waals surface area (Å²) in [6.45, 7) is 12.5. The van der Waals surface area contributed by atoms with Crippen molar-refractivity contribution < 1.29 is 18.7 Å². The van der Waals surface area contributed by atoms with Gasteiger partial charge in [-0.1, -0.05) is 58.4 Å². The van der Waals surface area contributed by atoms with Crippen molar-refractivity contribution in [3.05, 3.63) is 65.0 Å². The SMILES string of the molecule is CCC.CCNC.CCc1cccc(CCN)c1.CSCCC(C=O)NC(=O)CCCCOc1cc(C)cc(F)c1. The number of hydrogen-bond acceptors (Lipinski definition) is 6. The molecule has 1 unspecified atom stereocenters. The Kier molecular flexibility index (Phi) is 28.9. The van der Waals surface area contributed by atoms with E-state index in [1.165, 1.54) is 29.7 Å². The van der Waals surface area contributed by atoms with Crippen molar-refractivity contribution >= 4 is 24.0 Å². The fraction of sp³-hybridized carbons (Fsp3) is 0.576. The summed E-state index contributed by atoms with van der Waals surface area (Å²) >= 11 is 1.64. The maximum absolute atomic E-state index is 13.2. The number of rotatable bonds is 15. The van der Waals surface area contributed by atoms with Crippen molar-refractivity contribution in [2.45, 2.75) is 85.6 Å². The van der Waals surface area contributed by atoms with Crippen LogP contribution in [0.15, 0.2) is 42.5 Å². The van der Waals surface area contributed by atoms with Crippen molar-refractivity contribution in [3.8, 4) is 5.75 Å². The lowest BCUT2D eigenvalue weighted by atomic mass is 10.1. The van der Waals surface area contributed by atoms with Gasteiger partial charge in [0.15, 0.2) is 0 Å². The Morgan fingerprint density at radius 2 is 1.76 bits per heavy atom. The van der Waals surface area contributed by atoms with Gasteiger partial charge in [0, 0.05) is 12.5 Å². The van der Waals surface area contributed by atoms with E-state index in [4.69, 9.17) is 10.5 Å². The molecule has 8 heteroatoms. The van der Waals surface area contributed by atoms with E-state index >= 15 is 0 Å². The summed E-state index contributed by atoms with van der Waals surface area (Å²) in [6.07, 6.45) is 8.46. The second-order valence-electron chi connectivity index (χ2n) is 9.49. The minimum atomic E-state index is -0.401. The maximum Gasteiger partial charge on any atom is 0.220 e. The number of nitrogens with one attached hydrogen (secondary N) is 2. The summed E-state index contributed by atoms with van der Waals surface area (Å²) in [5.74, 6) is 0.907. The van der Waals surface area contributed by atoms with Gasteiger partial charge in [0.2, 0.25) is 5.91 Å². The summed E-state index contributed by atoms with van der Waals surface area (Å²) in [5.41, 5.74) is 9.01. The third-order valence-corrected chi connectivity index (χ3v) is 6.06. The predicted octanol–water partition coefficient (Wildman–Crippen LogP) is 6.51. The molecule has 0 aliphatic heterocycles. The summed E-state index contributed by atoms with van der Waals surface area (Å²) < 4.78 is 18.7. The average Bonchev–Trinajstić information content (AvgIpc) is 2.95. The molecule has 2 rings (SSSR count). The van der Waals surface area contributed by atoms with Crippen LogP contribution in [-0.2, 0) is 22.4 Å². The van der Waals surface area contributed by atoms with E-state index in [2.05, 4.69) is 62.6 Å². The summed E-state index contributed by atoms with van der Waals surface area (Å²) in [7, 11) is 1.93. The first-order chi connectivity index (χ1) is 19.7. The highest BCUT2D eigenvalue weighted by Crippen LogP contribution is 2.16. The molecule has 0 saturated carbocycles. The zero-order valence-corrected chi connectivity index (χ0v) is 27.4. The van der Waals surface area contributed by atoms with Crippen LogP contribution in [0.2, 0.25) is 0 Å². The van der Waals surface area contributed by atoms with Gasteiger partial charge < -0.3 is 25.9 Å². The molecule has 0 aromatic heterocycles. The average molecular weight is 594 g/mol. The molecular weight excluding hydrogens is 537 g/mol. The Labute approximate surface area is 253 Å². The fourth-order valence-corrected chi connectivity index (χ4v) is 3.72. The van der Waals surface area contributed by atoms with Crippen LogP contribution in [0.4, 0.5) is 4.39 Å². The number of benzene rings is 2. The molecule has 0 spiro atoms. The minimum Gasteiger partial charge on any atom is -0.493 e. The van der Waals surface area contributed by atoms with Gasteiger partial charge in [-0.3, -0.25) is 4.79 Å². The predicted molar refractivity (Wildman–Crippen MR) is 176 cm³/mol. The number of aryl methyl sites for hydroxylation is 2. The van der Waals surface area contributed by atoms with Gasteiger partial charge in [0.25, 0.3) is 0 Å². The van der Waals surface area contributed by atoms with Gasteiger partial charge >= 0.3 is 0 Å². The summed E-state index contributed by atoms with van der Waals surface area (Å²) in [6, 6.07) is 12.8. The van der Waals surface area contributed by atoms with Gasteiger partial charge in [-0.15, -0.1) is 0 Å². The number of unbranched alkanes of at least 4 members (excludes halogenated alkanes) is 1. The molecule has 0 fully saturated rings. The zero-order valence-electron chi connectivity index (χ0n) is 26.6. The molecule has 0 radical (unpaired) electrons. The van der Waals surface area contributed by atoms with E-state index in [1.807, 2.05) is 13.3 Å². The van der Waals surface area contributed by atoms with Crippen LogP contribution >= 0.6 is 11.8 Å². The number of carbonyl (C=O) groups is 2. The highest BCUT2D eigenvalue weighted by molar-refractivity contribution is 7.98. The second kappa shape index (κ2) is 29.1. The standard InChI is InChI=1S/C17H24FNO3S.C10H15N.C3H9N.C3H8/c1-13-9-14(18)11-16(10-13)22-7-4-3-5-17(21)19-15(12-20)6-8-23-2;1-2-9-4-3-5-10(8-9)6-7-11;1-3-4-2;1-3-2/h9-12,15H,3-8H2,1-2H3,(H,19,21);3-5,8H,2,6-7,11H2,1H3;4H,3H2,1-2H3;3H2,1-2H3. The van der Waals surface area contributed by atoms with E-state index in [9.17, 15) is 14.0 Å². The Balaban J connectivity index is 0. The monoisotopic (exact) mass is 593 g/mol. The van der Waals surface area contributed by atoms with Crippen molar-refractivity contribution in [2.75, 3.05) is 38.8 Å². The van der Waals surface area contributed by atoms with Gasteiger partial charge in [0.05, 0.1) is 12.6 Å². The number of hydrogen-bond donors (Lipinski definition) is 3. The van der Waals surface area contributed by atoms with E-state index in [-0.39, 0.29) is 11.7 Å². The maximum atomic E-state index is 13.2. The van der Waals surface area contributed by atoms with Crippen LogP contribution in [0.1, 0.15) is 76.5 Å². The number of halogens is 1. The largest absolute Gasteiger partial charge is 0.493 e. The molecule has 0 aliphatic carbocycles. The quantitative estimate of drug-likeness (QED) is 0.161. The molecular formula is C33H56FN3O3S. The molecule has 41 heavy (non-hydrogen) atoms. The van der Waals surface area contributed by atoms with Crippen molar-refractivity contribution in [1.82, 2.24) is 10.6 Å². The van der Waals surface area contributed by atoms with Crippen molar-refractivity contribution in [1.29, 1.82) is 0 Å². The number of aldehydes is 1. The molecule has 234 valence electrons. The van der Waals surface area contributed by atoms with Crippen LogP contribution < -0.4 is 21.1 Å². The molecule has 1 amide bonds. The Morgan fingerprint density at radius 3 is 2.29 bits per heavy atom. The third kappa shape index (κ3) is 25.0. The third-order valence-electron chi connectivity index (χ3n) is 5.41. The molecule has 2 aromatic carbocycles. The van der Waals surface area contributed by atoms with Crippen LogP contribution in [0.5, 0.6) is 5.75 Å². The number of carbonyl (C=O) groups excluding carboxylic acids is 2. The van der Waals surface area contributed by atoms with Crippen LogP contribution in [0, 0.1) is 12.7 Å². The molecule has 0 aliphatic rings. The topological polar surface area (TPSA) is 93.5 Å². The normalized spacial score (nSPS) is 10.5. The molecule has 2 aromatic rings. The molecule has 6 nitrogen and oxygen atoms in total. The highest BCUT2D eigenvalue weighted by atomic mass is 32.2. The molecule has 0 heterocycles. The van der Waals surface area contributed by atoms with E-state index in [0.717, 1.165) is 43.5 Å². The number of thioether (sulfide) groups is 1. The first-order valence-electron chi connectivity index (χ1n) is 14.8. The Bertz CT molecular complexity index is 893. The Morgan fingerprint density at radius 1 is 1.10 bits per heavy atom. The lowest BCUT2D eigenvalue weighted by Gasteiger charge is -2.12. The highest BCUT2D eigenvalue weighted by Gasteiger charge is 2.10. The first-order valence-corrected chi connectivity index (χ1v) is 16.2. The summed E-state index contributed by atoms with van der Waals surface area (Å²) in [5, 5.41) is 5.64. The lowest BCUT2D eigenvalue weighted by Crippen LogP contribution is -2.36. The Hall–Kier alpha value is -2.42. The lowest BCUT2D eigenvalue weighted by molar-refractivity contribution is -0.124. The van der Waals surface area contributed by atoms with Crippen LogP contribution in [0.3, 0.4) is 0 Å². The minimum absolute atomic E-state index is 0.121. The van der Waals surface area contributed by atoms with E-state index < -0.39 is 6.04 Å². The van der Waals surface area contributed by atoms with Crippen LogP contribution in [-0.4, -0.2) is 57.0 Å². The number of amides is 1. The van der Waals surface area contributed by atoms with Gasteiger partial charge in [-0.25, -0.2) is 4.39 Å². The number of nitrogens with two attached hydrogens (primary N) is 1. The molecule has 0 bridgehead atoms. The van der Waals surface area contributed by atoms with Gasteiger partial charge in [0.1, 0.15) is 17.9 Å². The first kappa shape index (κ1) is 40.7. The van der Waals surface area contributed by atoms with E-state index in [1.54, 1.807) is 24.8 Å². The zero-order chi connectivity index (χ0) is 31.3. The summed E-state index contributed by atoms with van der Waals surface area (Å²) in [4.78, 5) is 22.6. The van der Waals surface area contributed by atoms with Gasteiger partial charge in [-0.2, -0.15) is 11.8 Å². The van der Waals surface area contributed by atoms with Crippen LogP contribution in [0.25, 0.3) is 0 Å². The van der Waals surface area contributed by atoms with E-state index in [0.29, 0.717) is 38.0 Å². The molecule has 4 N–H and O–H groups in total. The van der Waals surface area contributed by atoms with Gasteiger partial charge in [-0.05, 0) is 100.0 Å². The van der Waals surface area contributed by atoms with Crippen molar-refractivity contribution in [3.63, 3.8) is 0 Å². The molecule has 0 saturated heterocycles. The number of ether oxygens (including phenoxy) is 1. The second-order valence-corrected chi connectivity index (χ2v) is 10.5. The smallest absolute Gasteiger partial charge is 0.220 e. The fourth-order valence-electron chi connectivity index (χ4n) is 3.23. The van der Waals surface area contributed by atoms with Crippen molar-refractivity contribution in [2.24, 2.45) is 5.73 Å². The molecule has 1 atom stereocenters.